The number of piperazine rings is 1. The first kappa shape index (κ1) is 18.3. The van der Waals surface area contributed by atoms with Crippen LogP contribution in [0.2, 0.25) is 0 Å². The fourth-order valence-corrected chi connectivity index (χ4v) is 4.15. The molecule has 2 saturated heterocycles. The number of likely N-dealkylation sites (N-methyl/N-ethyl adjacent to an activating group) is 1. The first-order valence-electron chi connectivity index (χ1n) is 10.3. The van der Waals surface area contributed by atoms with Crippen molar-refractivity contribution in [2.45, 2.75) is 32.7 Å². The highest BCUT2D eigenvalue weighted by atomic mass is 15.3. The van der Waals surface area contributed by atoms with E-state index in [1.165, 1.54) is 39.1 Å². The zero-order valence-electron chi connectivity index (χ0n) is 16.5. The fourth-order valence-electron chi connectivity index (χ4n) is 4.15. The SMILES string of the molecule is CCc1cc(N2CCC(N3CCN(CC)CC3)C2)nc(-c2ccncc2)n1. The van der Waals surface area contributed by atoms with Gasteiger partial charge in [-0.2, -0.15) is 0 Å². The van der Waals surface area contributed by atoms with Gasteiger partial charge in [-0.1, -0.05) is 13.8 Å². The van der Waals surface area contributed by atoms with Crippen LogP contribution in [0, 0.1) is 0 Å². The molecule has 0 aromatic carbocycles. The maximum atomic E-state index is 4.90. The summed E-state index contributed by atoms with van der Waals surface area (Å²) < 4.78 is 0. The predicted octanol–water partition coefficient (Wildman–Crippen LogP) is 2.32. The second kappa shape index (κ2) is 8.31. The standard InChI is InChI=1S/C21H30N6/c1-3-18-15-20(24-21(23-18)17-5-8-22-9-6-17)27-10-7-19(16-27)26-13-11-25(4-2)12-14-26/h5-6,8-9,15,19H,3-4,7,10-14,16H2,1-2H3. The van der Waals surface area contributed by atoms with Crippen LogP contribution in [0.25, 0.3) is 11.4 Å². The molecule has 2 fully saturated rings. The molecule has 6 heteroatoms. The van der Waals surface area contributed by atoms with Crippen molar-refractivity contribution in [1.29, 1.82) is 0 Å². The van der Waals surface area contributed by atoms with Crippen LogP contribution in [-0.2, 0) is 6.42 Å². The van der Waals surface area contributed by atoms with Crippen molar-refractivity contribution >= 4 is 5.82 Å². The van der Waals surface area contributed by atoms with Gasteiger partial charge < -0.3 is 9.80 Å². The lowest BCUT2D eigenvalue weighted by Crippen LogP contribution is -2.50. The Balaban J connectivity index is 1.49. The van der Waals surface area contributed by atoms with E-state index in [4.69, 9.17) is 9.97 Å². The van der Waals surface area contributed by atoms with E-state index in [9.17, 15) is 0 Å². The van der Waals surface area contributed by atoms with Crippen LogP contribution in [0.5, 0.6) is 0 Å². The maximum absolute atomic E-state index is 4.90. The van der Waals surface area contributed by atoms with Gasteiger partial charge in [0.25, 0.3) is 0 Å². The molecule has 2 aromatic heterocycles. The molecule has 4 rings (SSSR count). The van der Waals surface area contributed by atoms with E-state index in [0.717, 1.165) is 42.4 Å². The molecule has 0 bridgehead atoms. The predicted molar refractivity (Wildman–Crippen MR) is 109 cm³/mol. The molecular formula is C21H30N6. The molecule has 27 heavy (non-hydrogen) atoms. The van der Waals surface area contributed by atoms with Gasteiger partial charge >= 0.3 is 0 Å². The lowest BCUT2D eigenvalue weighted by atomic mass is 10.2. The van der Waals surface area contributed by atoms with Gasteiger partial charge in [0, 0.05) is 75.0 Å². The summed E-state index contributed by atoms with van der Waals surface area (Å²) >= 11 is 0. The zero-order valence-corrected chi connectivity index (χ0v) is 16.5. The monoisotopic (exact) mass is 366 g/mol. The Bertz CT molecular complexity index is 742. The van der Waals surface area contributed by atoms with Crippen LogP contribution in [-0.4, -0.2) is 76.6 Å². The Hall–Kier alpha value is -2.05. The molecule has 1 atom stereocenters. The molecule has 0 spiro atoms. The summed E-state index contributed by atoms with van der Waals surface area (Å²) in [7, 11) is 0. The van der Waals surface area contributed by atoms with Crippen molar-refractivity contribution in [3.63, 3.8) is 0 Å². The summed E-state index contributed by atoms with van der Waals surface area (Å²) in [6.07, 6.45) is 5.75. The Kier molecular flexibility index (Phi) is 5.64. The van der Waals surface area contributed by atoms with E-state index in [1.807, 2.05) is 12.1 Å². The summed E-state index contributed by atoms with van der Waals surface area (Å²) in [4.78, 5) is 21.4. The summed E-state index contributed by atoms with van der Waals surface area (Å²) in [5.74, 6) is 1.88. The molecule has 2 aliphatic rings. The van der Waals surface area contributed by atoms with E-state index in [-0.39, 0.29) is 0 Å². The third-order valence-electron chi connectivity index (χ3n) is 5.92. The minimum absolute atomic E-state index is 0.647. The van der Waals surface area contributed by atoms with Crippen molar-refractivity contribution in [3.8, 4) is 11.4 Å². The number of anilines is 1. The molecule has 2 aliphatic heterocycles. The highest BCUT2D eigenvalue weighted by molar-refractivity contribution is 5.57. The van der Waals surface area contributed by atoms with Crippen LogP contribution in [0.4, 0.5) is 5.82 Å². The quantitative estimate of drug-likeness (QED) is 0.809. The van der Waals surface area contributed by atoms with E-state index in [2.05, 4.69) is 39.6 Å². The number of pyridine rings is 1. The molecule has 0 amide bonds. The first-order chi connectivity index (χ1) is 13.3. The zero-order chi connectivity index (χ0) is 18.6. The van der Waals surface area contributed by atoms with Crippen LogP contribution in [0.3, 0.4) is 0 Å². The average molecular weight is 367 g/mol. The number of nitrogens with zero attached hydrogens (tertiary/aromatic N) is 6. The van der Waals surface area contributed by atoms with Crippen molar-refractivity contribution in [1.82, 2.24) is 24.8 Å². The van der Waals surface area contributed by atoms with E-state index >= 15 is 0 Å². The Labute approximate surface area is 162 Å². The summed E-state index contributed by atoms with van der Waals surface area (Å²) in [6.45, 7) is 12.5. The van der Waals surface area contributed by atoms with Crippen LogP contribution >= 0.6 is 0 Å². The average Bonchev–Trinajstić information content (AvgIpc) is 3.24. The largest absolute Gasteiger partial charge is 0.355 e. The molecule has 0 radical (unpaired) electrons. The molecule has 144 valence electrons. The first-order valence-corrected chi connectivity index (χ1v) is 10.3. The second-order valence-corrected chi connectivity index (χ2v) is 7.49. The van der Waals surface area contributed by atoms with Gasteiger partial charge in [-0.25, -0.2) is 9.97 Å². The normalized spacial score (nSPS) is 21.7. The molecule has 4 heterocycles. The van der Waals surface area contributed by atoms with Crippen LogP contribution in [0.1, 0.15) is 26.0 Å². The molecule has 1 unspecified atom stereocenters. The molecule has 0 N–H and O–H groups in total. The Morgan fingerprint density at radius 2 is 1.78 bits per heavy atom. The summed E-state index contributed by atoms with van der Waals surface area (Å²) in [5, 5.41) is 0. The van der Waals surface area contributed by atoms with Crippen molar-refractivity contribution < 1.29 is 0 Å². The molecular weight excluding hydrogens is 336 g/mol. The molecule has 0 aliphatic carbocycles. The fraction of sp³-hybridized carbons (Fsp3) is 0.571. The maximum Gasteiger partial charge on any atom is 0.161 e. The van der Waals surface area contributed by atoms with Crippen LogP contribution < -0.4 is 4.90 Å². The molecule has 0 saturated carbocycles. The van der Waals surface area contributed by atoms with Gasteiger partial charge in [0.05, 0.1) is 0 Å². The smallest absolute Gasteiger partial charge is 0.161 e. The van der Waals surface area contributed by atoms with Gasteiger partial charge in [0.15, 0.2) is 5.82 Å². The number of hydrogen-bond acceptors (Lipinski definition) is 6. The lowest BCUT2D eigenvalue weighted by molar-refractivity contribution is 0.107. The number of aryl methyl sites for hydroxylation is 1. The third-order valence-corrected chi connectivity index (χ3v) is 5.92. The van der Waals surface area contributed by atoms with Crippen molar-refractivity contribution in [2.24, 2.45) is 0 Å². The van der Waals surface area contributed by atoms with Gasteiger partial charge in [0.1, 0.15) is 5.82 Å². The summed E-state index contributed by atoms with van der Waals surface area (Å²) in [5.41, 5.74) is 2.14. The van der Waals surface area contributed by atoms with Gasteiger partial charge in [-0.05, 0) is 31.5 Å². The minimum Gasteiger partial charge on any atom is -0.355 e. The molecule has 2 aromatic rings. The van der Waals surface area contributed by atoms with Crippen LogP contribution in [0.15, 0.2) is 30.6 Å². The van der Waals surface area contributed by atoms with E-state index in [1.54, 1.807) is 12.4 Å². The summed E-state index contributed by atoms with van der Waals surface area (Å²) in [6, 6.07) is 6.78. The van der Waals surface area contributed by atoms with Gasteiger partial charge in [0.2, 0.25) is 0 Å². The van der Waals surface area contributed by atoms with Crippen molar-refractivity contribution in [2.75, 3.05) is 50.7 Å². The number of hydrogen-bond donors (Lipinski definition) is 0. The Morgan fingerprint density at radius 1 is 1.00 bits per heavy atom. The van der Waals surface area contributed by atoms with E-state index in [0.29, 0.717) is 6.04 Å². The number of rotatable bonds is 5. The molecule has 6 nitrogen and oxygen atoms in total. The van der Waals surface area contributed by atoms with E-state index < -0.39 is 0 Å². The van der Waals surface area contributed by atoms with Crippen molar-refractivity contribution in [3.05, 3.63) is 36.3 Å². The lowest BCUT2D eigenvalue weighted by Gasteiger charge is -2.37. The van der Waals surface area contributed by atoms with Gasteiger partial charge in [-0.15, -0.1) is 0 Å². The van der Waals surface area contributed by atoms with Gasteiger partial charge in [-0.3, -0.25) is 9.88 Å². The Morgan fingerprint density at radius 3 is 2.48 bits per heavy atom. The highest BCUT2D eigenvalue weighted by Gasteiger charge is 2.30. The topological polar surface area (TPSA) is 48.4 Å². The number of aromatic nitrogens is 3. The minimum atomic E-state index is 0.647. The highest BCUT2D eigenvalue weighted by Crippen LogP contribution is 2.25. The second-order valence-electron chi connectivity index (χ2n) is 7.49. The third kappa shape index (κ3) is 4.12.